The van der Waals surface area contributed by atoms with Crippen molar-refractivity contribution < 1.29 is 14.7 Å². The van der Waals surface area contributed by atoms with E-state index in [9.17, 15) is 9.59 Å². The van der Waals surface area contributed by atoms with Crippen LogP contribution in [0.15, 0.2) is 18.2 Å². The fourth-order valence-electron chi connectivity index (χ4n) is 3.43. The standard InChI is InChI=1S/C14H22N2O.C12H24O2/c1-5-16(6-2)10-13(17)15-14-11(3)8-7-9-12(14)4;1-2-3-4-5-6-7-8-9-10-11-12(13)14/h7-9H,5-6,10H2,1-4H3,(H,15,17);2-11H2,1H3,(H,13,14). The van der Waals surface area contributed by atoms with Crippen LogP contribution in [0.25, 0.3) is 0 Å². The summed E-state index contributed by atoms with van der Waals surface area (Å²) in [6.45, 7) is 12.6. The Labute approximate surface area is 190 Å². The Morgan fingerprint density at radius 1 is 0.839 bits per heavy atom. The van der Waals surface area contributed by atoms with Crippen LogP contribution in [-0.4, -0.2) is 41.5 Å². The fraction of sp³-hybridized carbons (Fsp3) is 0.692. The lowest BCUT2D eigenvalue weighted by Crippen LogP contribution is -2.33. The first-order chi connectivity index (χ1) is 14.8. The third kappa shape index (κ3) is 15.6. The van der Waals surface area contributed by atoms with E-state index in [2.05, 4.69) is 31.0 Å². The van der Waals surface area contributed by atoms with Gasteiger partial charge in [0.1, 0.15) is 0 Å². The number of rotatable bonds is 15. The number of carboxylic acids is 1. The van der Waals surface area contributed by atoms with Crippen molar-refractivity contribution in [1.82, 2.24) is 4.90 Å². The molecule has 178 valence electrons. The van der Waals surface area contributed by atoms with Crippen molar-refractivity contribution in [2.45, 2.75) is 98.8 Å². The van der Waals surface area contributed by atoms with E-state index in [1.165, 1.54) is 44.9 Å². The van der Waals surface area contributed by atoms with Crippen molar-refractivity contribution in [2.75, 3.05) is 25.0 Å². The number of hydrogen-bond acceptors (Lipinski definition) is 3. The maximum atomic E-state index is 11.9. The van der Waals surface area contributed by atoms with Crippen LogP contribution < -0.4 is 5.32 Å². The van der Waals surface area contributed by atoms with Crippen LogP contribution >= 0.6 is 0 Å². The molecule has 0 saturated carbocycles. The summed E-state index contributed by atoms with van der Waals surface area (Å²) >= 11 is 0. The van der Waals surface area contributed by atoms with Crippen LogP contribution in [-0.2, 0) is 9.59 Å². The Bertz CT molecular complexity index is 592. The number of anilines is 1. The van der Waals surface area contributed by atoms with Crippen LogP contribution in [0.3, 0.4) is 0 Å². The van der Waals surface area contributed by atoms with Gasteiger partial charge in [-0.05, 0) is 44.5 Å². The summed E-state index contributed by atoms with van der Waals surface area (Å²) in [7, 11) is 0. The van der Waals surface area contributed by atoms with Crippen molar-refractivity contribution >= 4 is 17.6 Å². The SMILES string of the molecule is CCCCCCCCCCCC(=O)O.CCN(CC)CC(=O)Nc1c(C)cccc1C. The smallest absolute Gasteiger partial charge is 0.303 e. The zero-order valence-corrected chi connectivity index (χ0v) is 20.6. The van der Waals surface area contributed by atoms with Crippen LogP contribution in [0.5, 0.6) is 0 Å². The predicted molar refractivity (Wildman–Crippen MR) is 132 cm³/mol. The highest BCUT2D eigenvalue weighted by Crippen LogP contribution is 2.19. The Morgan fingerprint density at radius 3 is 1.77 bits per heavy atom. The summed E-state index contributed by atoms with van der Waals surface area (Å²) < 4.78 is 0. The predicted octanol–water partition coefficient (Wildman–Crippen LogP) is 6.58. The molecule has 0 heterocycles. The third-order valence-corrected chi connectivity index (χ3v) is 5.50. The molecule has 0 spiro atoms. The summed E-state index contributed by atoms with van der Waals surface area (Å²) in [4.78, 5) is 24.2. The molecule has 0 bridgehead atoms. The lowest BCUT2D eigenvalue weighted by Gasteiger charge is -2.18. The third-order valence-electron chi connectivity index (χ3n) is 5.50. The Balaban J connectivity index is 0.000000594. The number of carbonyl (C=O) groups is 2. The number of nitrogens with one attached hydrogen (secondary N) is 1. The minimum atomic E-state index is -0.659. The molecule has 0 unspecified atom stereocenters. The van der Waals surface area contributed by atoms with Crippen molar-refractivity contribution in [3.8, 4) is 0 Å². The van der Waals surface area contributed by atoms with Gasteiger partial charge in [0.25, 0.3) is 0 Å². The minimum absolute atomic E-state index is 0.0612. The van der Waals surface area contributed by atoms with E-state index in [4.69, 9.17) is 5.11 Å². The topological polar surface area (TPSA) is 69.6 Å². The molecule has 0 aliphatic heterocycles. The minimum Gasteiger partial charge on any atom is -0.481 e. The molecule has 0 aromatic heterocycles. The number of nitrogens with zero attached hydrogens (tertiary/aromatic N) is 1. The highest BCUT2D eigenvalue weighted by atomic mass is 16.4. The van der Waals surface area contributed by atoms with E-state index in [1.807, 2.05) is 32.0 Å². The number of carboxylic acid groups (broad SMARTS) is 1. The molecule has 5 nitrogen and oxygen atoms in total. The van der Waals surface area contributed by atoms with Gasteiger partial charge < -0.3 is 10.4 Å². The largest absolute Gasteiger partial charge is 0.481 e. The number of hydrogen-bond donors (Lipinski definition) is 2. The Kier molecular flexibility index (Phi) is 17.7. The molecule has 1 rings (SSSR count). The molecule has 31 heavy (non-hydrogen) atoms. The summed E-state index contributed by atoms with van der Waals surface area (Å²) in [5, 5.41) is 11.4. The number of amides is 1. The second-order valence-corrected chi connectivity index (χ2v) is 8.25. The average molecular weight is 435 g/mol. The van der Waals surface area contributed by atoms with Gasteiger partial charge in [0, 0.05) is 12.1 Å². The van der Waals surface area contributed by atoms with Gasteiger partial charge in [-0.15, -0.1) is 0 Å². The molecule has 0 aliphatic carbocycles. The van der Waals surface area contributed by atoms with Gasteiger partial charge in [-0.25, -0.2) is 0 Å². The maximum absolute atomic E-state index is 11.9. The van der Waals surface area contributed by atoms with Gasteiger partial charge in [0.15, 0.2) is 0 Å². The van der Waals surface area contributed by atoms with E-state index < -0.39 is 5.97 Å². The fourth-order valence-corrected chi connectivity index (χ4v) is 3.43. The Hall–Kier alpha value is -1.88. The number of aryl methyl sites for hydroxylation is 2. The molecule has 5 heteroatoms. The molecule has 0 fully saturated rings. The van der Waals surface area contributed by atoms with Gasteiger partial charge in [-0.3, -0.25) is 14.5 Å². The average Bonchev–Trinajstić information content (AvgIpc) is 2.74. The maximum Gasteiger partial charge on any atom is 0.303 e. The Morgan fingerprint density at radius 2 is 1.32 bits per heavy atom. The van der Waals surface area contributed by atoms with Crippen molar-refractivity contribution in [3.05, 3.63) is 29.3 Å². The van der Waals surface area contributed by atoms with Crippen LogP contribution in [0.4, 0.5) is 5.69 Å². The van der Waals surface area contributed by atoms with Gasteiger partial charge in [0.2, 0.25) is 5.91 Å². The second-order valence-electron chi connectivity index (χ2n) is 8.25. The zero-order chi connectivity index (χ0) is 23.5. The molecular formula is C26H46N2O3. The van der Waals surface area contributed by atoms with Crippen molar-refractivity contribution in [2.24, 2.45) is 0 Å². The summed E-state index contributed by atoms with van der Waals surface area (Å²) in [5.74, 6) is -0.598. The number of aliphatic carboxylic acids is 1. The number of unbranched alkanes of at least 4 members (excludes halogenated alkanes) is 8. The molecular weight excluding hydrogens is 388 g/mol. The molecule has 2 N–H and O–H groups in total. The number of likely N-dealkylation sites (N-methyl/N-ethyl adjacent to an activating group) is 1. The quantitative estimate of drug-likeness (QED) is 0.306. The first-order valence-corrected chi connectivity index (χ1v) is 12.2. The highest BCUT2D eigenvalue weighted by Gasteiger charge is 2.10. The van der Waals surface area contributed by atoms with E-state index >= 15 is 0 Å². The lowest BCUT2D eigenvalue weighted by atomic mass is 10.1. The van der Waals surface area contributed by atoms with Gasteiger partial charge in [-0.2, -0.15) is 0 Å². The number of para-hydroxylation sites is 1. The summed E-state index contributed by atoms with van der Waals surface area (Å²) in [5.41, 5.74) is 3.17. The monoisotopic (exact) mass is 434 g/mol. The molecule has 1 amide bonds. The number of benzene rings is 1. The first kappa shape index (κ1) is 29.1. The molecule has 0 radical (unpaired) electrons. The van der Waals surface area contributed by atoms with E-state index in [0.29, 0.717) is 13.0 Å². The molecule has 0 saturated heterocycles. The summed E-state index contributed by atoms with van der Waals surface area (Å²) in [6.07, 6.45) is 11.5. The van der Waals surface area contributed by atoms with E-state index in [-0.39, 0.29) is 5.91 Å². The van der Waals surface area contributed by atoms with Crippen molar-refractivity contribution in [3.63, 3.8) is 0 Å². The second kappa shape index (κ2) is 18.9. The van der Waals surface area contributed by atoms with E-state index in [1.54, 1.807) is 0 Å². The molecule has 1 aromatic rings. The summed E-state index contributed by atoms with van der Waals surface area (Å²) in [6, 6.07) is 6.03. The zero-order valence-electron chi connectivity index (χ0n) is 20.6. The van der Waals surface area contributed by atoms with Crippen LogP contribution in [0.1, 0.15) is 96.1 Å². The van der Waals surface area contributed by atoms with E-state index in [0.717, 1.165) is 42.7 Å². The van der Waals surface area contributed by atoms with Crippen LogP contribution in [0.2, 0.25) is 0 Å². The molecule has 1 aromatic carbocycles. The van der Waals surface area contributed by atoms with Crippen molar-refractivity contribution in [1.29, 1.82) is 0 Å². The van der Waals surface area contributed by atoms with Crippen LogP contribution in [0, 0.1) is 13.8 Å². The molecule has 0 atom stereocenters. The normalized spacial score (nSPS) is 10.5. The van der Waals surface area contributed by atoms with Gasteiger partial charge in [-0.1, -0.05) is 90.3 Å². The lowest BCUT2D eigenvalue weighted by molar-refractivity contribution is -0.137. The van der Waals surface area contributed by atoms with Gasteiger partial charge in [0.05, 0.1) is 6.54 Å². The first-order valence-electron chi connectivity index (χ1n) is 12.2. The number of carbonyl (C=O) groups excluding carboxylic acids is 1. The molecule has 0 aliphatic rings. The highest BCUT2D eigenvalue weighted by molar-refractivity contribution is 5.93. The van der Waals surface area contributed by atoms with Gasteiger partial charge >= 0.3 is 5.97 Å².